The third kappa shape index (κ3) is 3.58. The van der Waals surface area contributed by atoms with E-state index in [2.05, 4.69) is 16.0 Å². The first-order valence-electron chi connectivity index (χ1n) is 8.01. The quantitative estimate of drug-likeness (QED) is 0.733. The number of piperazine rings is 1. The van der Waals surface area contributed by atoms with E-state index in [0.29, 0.717) is 0 Å². The van der Waals surface area contributed by atoms with Crippen LogP contribution in [-0.4, -0.2) is 47.4 Å². The summed E-state index contributed by atoms with van der Waals surface area (Å²) in [6.07, 6.45) is -4.16. The molecule has 7 nitrogen and oxygen atoms in total. The van der Waals surface area contributed by atoms with Crippen LogP contribution in [0.1, 0.15) is 18.9 Å². The number of amides is 4. The lowest BCUT2D eigenvalue weighted by Crippen LogP contribution is -2.60. The Morgan fingerprint density at radius 3 is 2.50 bits per heavy atom. The Morgan fingerprint density at radius 1 is 1.23 bits per heavy atom. The average molecular weight is 370 g/mol. The number of hydrogen-bond donors (Lipinski definition) is 3. The molecule has 2 aliphatic rings. The van der Waals surface area contributed by atoms with Gasteiger partial charge in [0, 0.05) is 12.2 Å². The number of alkyl halides is 3. The van der Waals surface area contributed by atoms with Crippen molar-refractivity contribution in [2.45, 2.75) is 37.6 Å². The van der Waals surface area contributed by atoms with Crippen LogP contribution in [0, 0.1) is 0 Å². The number of fused-ring (bicyclic) bond motifs is 1. The Balaban J connectivity index is 1.57. The lowest BCUT2D eigenvalue weighted by atomic mass is 10.1. The van der Waals surface area contributed by atoms with Gasteiger partial charge in [0.25, 0.3) is 0 Å². The van der Waals surface area contributed by atoms with Gasteiger partial charge in [-0.25, -0.2) is 4.79 Å². The van der Waals surface area contributed by atoms with Gasteiger partial charge in [-0.3, -0.25) is 9.59 Å². The van der Waals surface area contributed by atoms with Crippen LogP contribution in [0.2, 0.25) is 0 Å². The normalized spacial score (nSPS) is 25.5. The fourth-order valence-electron chi connectivity index (χ4n) is 3.15. The van der Waals surface area contributed by atoms with Gasteiger partial charge in [0.2, 0.25) is 11.8 Å². The molecule has 0 aliphatic carbocycles. The van der Waals surface area contributed by atoms with Crippen LogP contribution in [0.15, 0.2) is 24.3 Å². The van der Waals surface area contributed by atoms with Crippen LogP contribution in [0.4, 0.5) is 23.7 Å². The van der Waals surface area contributed by atoms with Gasteiger partial charge in [-0.1, -0.05) is 0 Å². The topological polar surface area (TPSA) is 90.5 Å². The van der Waals surface area contributed by atoms with E-state index in [1.807, 2.05) is 0 Å². The van der Waals surface area contributed by atoms with Crippen LogP contribution < -0.4 is 16.0 Å². The Kier molecular flexibility index (Phi) is 4.51. The molecule has 2 aliphatic heterocycles. The molecular formula is C16H17F3N4O3. The maximum Gasteiger partial charge on any atom is 0.416 e. The summed E-state index contributed by atoms with van der Waals surface area (Å²) in [5.74, 6) is -0.466. The summed E-state index contributed by atoms with van der Waals surface area (Å²) >= 11 is 0. The molecule has 0 radical (unpaired) electrons. The molecular weight excluding hydrogens is 353 g/mol. The van der Waals surface area contributed by atoms with Crippen molar-refractivity contribution in [1.82, 2.24) is 15.5 Å². The molecule has 10 heteroatoms. The molecule has 26 heavy (non-hydrogen) atoms. The van der Waals surface area contributed by atoms with Crippen LogP contribution in [-0.2, 0) is 15.8 Å². The number of urea groups is 1. The molecule has 140 valence electrons. The fraction of sp³-hybridized carbons (Fsp3) is 0.438. The van der Waals surface area contributed by atoms with Crippen molar-refractivity contribution in [2.75, 3.05) is 11.9 Å². The number of rotatable bonds is 2. The number of nitrogens with zero attached hydrogens (tertiary/aromatic N) is 1. The number of carbonyl (C=O) groups is 3. The van der Waals surface area contributed by atoms with E-state index in [0.717, 1.165) is 24.3 Å². The number of anilines is 1. The van der Waals surface area contributed by atoms with Gasteiger partial charge in [0.15, 0.2) is 0 Å². The smallest absolute Gasteiger partial charge is 0.343 e. The summed E-state index contributed by atoms with van der Waals surface area (Å²) in [6.45, 7) is 1.80. The van der Waals surface area contributed by atoms with Crippen molar-refractivity contribution in [3.63, 3.8) is 0 Å². The van der Waals surface area contributed by atoms with Crippen molar-refractivity contribution >= 4 is 23.5 Å². The van der Waals surface area contributed by atoms with Gasteiger partial charge < -0.3 is 20.9 Å². The Labute approximate surface area is 146 Å². The van der Waals surface area contributed by atoms with Crippen LogP contribution in [0.25, 0.3) is 0 Å². The molecule has 0 saturated carbocycles. The van der Waals surface area contributed by atoms with E-state index in [4.69, 9.17) is 0 Å². The van der Waals surface area contributed by atoms with Crippen molar-refractivity contribution in [3.05, 3.63) is 29.8 Å². The second-order valence-electron chi connectivity index (χ2n) is 6.34. The summed E-state index contributed by atoms with van der Waals surface area (Å²) in [5.41, 5.74) is -0.608. The first kappa shape index (κ1) is 18.0. The van der Waals surface area contributed by atoms with Gasteiger partial charge in [0.1, 0.15) is 12.1 Å². The second-order valence-corrected chi connectivity index (χ2v) is 6.34. The highest BCUT2D eigenvalue weighted by Crippen LogP contribution is 2.29. The van der Waals surface area contributed by atoms with Gasteiger partial charge in [-0.05, 0) is 37.6 Å². The summed E-state index contributed by atoms with van der Waals surface area (Å²) in [7, 11) is 0. The summed E-state index contributed by atoms with van der Waals surface area (Å²) in [6, 6.07) is 1.79. The van der Waals surface area contributed by atoms with Crippen molar-refractivity contribution in [1.29, 1.82) is 0 Å². The van der Waals surface area contributed by atoms with E-state index in [1.165, 1.54) is 4.90 Å². The number of halogens is 3. The molecule has 2 fully saturated rings. The van der Waals surface area contributed by atoms with Gasteiger partial charge in [-0.2, -0.15) is 13.2 Å². The minimum atomic E-state index is -4.44. The SMILES string of the molecule is C[C@@H]1NC(=O)[C@@H]2C[C@H](NC(=O)Nc3ccc(C(F)(F)F)cc3)CN2C1=O. The largest absolute Gasteiger partial charge is 0.416 e. The van der Waals surface area contributed by atoms with E-state index in [1.54, 1.807) is 6.92 Å². The minimum absolute atomic E-state index is 0.202. The number of nitrogens with one attached hydrogen (secondary N) is 3. The third-order valence-corrected chi connectivity index (χ3v) is 4.42. The highest BCUT2D eigenvalue weighted by atomic mass is 19.4. The zero-order valence-electron chi connectivity index (χ0n) is 13.8. The van der Waals surface area contributed by atoms with E-state index in [-0.39, 0.29) is 30.5 Å². The number of benzene rings is 1. The van der Waals surface area contributed by atoms with Crippen molar-refractivity contribution < 1.29 is 27.6 Å². The van der Waals surface area contributed by atoms with E-state index >= 15 is 0 Å². The van der Waals surface area contributed by atoms with Crippen LogP contribution in [0.3, 0.4) is 0 Å². The summed E-state index contributed by atoms with van der Waals surface area (Å²) in [4.78, 5) is 37.5. The predicted octanol–water partition coefficient (Wildman–Crippen LogP) is 1.31. The monoisotopic (exact) mass is 370 g/mol. The summed E-state index contributed by atoms with van der Waals surface area (Å²) in [5, 5.41) is 7.66. The summed E-state index contributed by atoms with van der Waals surface area (Å²) < 4.78 is 37.6. The molecule has 0 aromatic heterocycles. The van der Waals surface area contributed by atoms with Crippen LogP contribution in [0.5, 0.6) is 0 Å². The zero-order valence-corrected chi connectivity index (χ0v) is 13.8. The molecule has 1 aromatic carbocycles. The number of carbonyl (C=O) groups excluding carboxylic acids is 3. The maximum absolute atomic E-state index is 12.5. The molecule has 2 heterocycles. The lowest BCUT2D eigenvalue weighted by Gasteiger charge is -2.32. The first-order valence-corrected chi connectivity index (χ1v) is 8.01. The van der Waals surface area contributed by atoms with Crippen LogP contribution >= 0.6 is 0 Å². The Hall–Kier alpha value is -2.78. The molecule has 3 atom stereocenters. The molecule has 1 aromatic rings. The van der Waals surface area contributed by atoms with E-state index in [9.17, 15) is 27.6 Å². The van der Waals surface area contributed by atoms with Crippen molar-refractivity contribution in [3.8, 4) is 0 Å². The van der Waals surface area contributed by atoms with Crippen molar-refractivity contribution in [2.24, 2.45) is 0 Å². The molecule has 0 unspecified atom stereocenters. The molecule has 3 N–H and O–H groups in total. The predicted molar refractivity (Wildman–Crippen MR) is 85.1 cm³/mol. The first-order chi connectivity index (χ1) is 12.1. The highest BCUT2D eigenvalue weighted by molar-refractivity contribution is 5.97. The van der Waals surface area contributed by atoms with Gasteiger partial charge in [0.05, 0.1) is 11.6 Å². The lowest BCUT2D eigenvalue weighted by molar-refractivity contribution is -0.146. The maximum atomic E-state index is 12.5. The molecule has 3 rings (SSSR count). The average Bonchev–Trinajstić information content (AvgIpc) is 2.96. The zero-order chi connectivity index (χ0) is 19.1. The molecule has 0 bridgehead atoms. The minimum Gasteiger partial charge on any atom is -0.343 e. The Bertz CT molecular complexity index is 735. The Morgan fingerprint density at radius 2 is 1.88 bits per heavy atom. The highest BCUT2D eigenvalue weighted by Gasteiger charge is 2.45. The molecule has 0 spiro atoms. The van der Waals surface area contributed by atoms with Gasteiger partial charge >= 0.3 is 12.2 Å². The molecule has 2 saturated heterocycles. The van der Waals surface area contributed by atoms with E-state index < -0.39 is 35.9 Å². The molecule has 4 amide bonds. The standard InChI is InChI=1S/C16H17F3N4O3/c1-8-14(25)23-7-11(6-12(23)13(24)20-8)22-15(26)21-10-4-2-9(3-5-10)16(17,18)19/h2-5,8,11-12H,6-7H2,1H3,(H,20,24)(H2,21,22,26)/t8-,11-,12-/m0/s1. The number of hydrogen-bond acceptors (Lipinski definition) is 3. The second kappa shape index (κ2) is 6.50. The third-order valence-electron chi connectivity index (χ3n) is 4.42. The fourth-order valence-corrected chi connectivity index (χ4v) is 3.15. The van der Waals surface area contributed by atoms with Gasteiger partial charge in [-0.15, -0.1) is 0 Å².